The van der Waals surface area contributed by atoms with Crippen molar-refractivity contribution in [2.75, 3.05) is 20.3 Å². The second-order valence-corrected chi connectivity index (χ2v) is 6.83. The minimum atomic E-state index is 0.201. The number of hydrogen-bond donors (Lipinski definition) is 1. The Labute approximate surface area is 153 Å². The third kappa shape index (κ3) is 2.97. The molecule has 1 atom stereocenters. The molecule has 0 bridgehead atoms. The summed E-state index contributed by atoms with van der Waals surface area (Å²) in [4.78, 5) is 7.08. The molecule has 1 aliphatic heterocycles. The Morgan fingerprint density at radius 2 is 2.04 bits per heavy atom. The number of rotatable bonds is 5. The smallest absolute Gasteiger partial charge is 0.227 e. The Morgan fingerprint density at radius 1 is 1.23 bits per heavy atom. The summed E-state index contributed by atoms with van der Waals surface area (Å²) in [5, 5.41) is 11.6. The van der Waals surface area contributed by atoms with Crippen LogP contribution in [0, 0.1) is 6.92 Å². The lowest BCUT2D eigenvalue weighted by Crippen LogP contribution is -2.31. The van der Waals surface area contributed by atoms with Crippen molar-refractivity contribution >= 4 is 10.8 Å². The van der Waals surface area contributed by atoms with Crippen molar-refractivity contribution in [3.8, 4) is 17.2 Å². The Balaban J connectivity index is 1.71. The van der Waals surface area contributed by atoms with Crippen LogP contribution in [0.2, 0.25) is 0 Å². The maximum atomic E-state index is 9.54. The van der Waals surface area contributed by atoms with Crippen molar-refractivity contribution in [1.82, 2.24) is 9.88 Å². The van der Waals surface area contributed by atoms with Crippen LogP contribution in [0.25, 0.3) is 22.2 Å². The second kappa shape index (κ2) is 7.09. The van der Waals surface area contributed by atoms with Gasteiger partial charge in [0.2, 0.25) is 5.89 Å². The van der Waals surface area contributed by atoms with Gasteiger partial charge in [-0.3, -0.25) is 4.90 Å². The molecule has 136 valence electrons. The molecule has 0 aliphatic carbocycles. The van der Waals surface area contributed by atoms with Gasteiger partial charge in [-0.2, -0.15) is 0 Å². The van der Waals surface area contributed by atoms with E-state index < -0.39 is 0 Å². The lowest BCUT2D eigenvalue weighted by atomic mass is 10.0. The molecule has 5 heteroatoms. The fraction of sp³-hybridized carbons (Fsp3) is 0.381. The lowest BCUT2D eigenvalue weighted by Gasteiger charge is -2.21. The van der Waals surface area contributed by atoms with Gasteiger partial charge in [0.15, 0.2) is 0 Å². The number of oxazole rings is 1. The maximum Gasteiger partial charge on any atom is 0.227 e. The number of ether oxygens (including phenoxy) is 1. The van der Waals surface area contributed by atoms with Gasteiger partial charge in [-0.25, -0.2) is 4.98 Å². The van der Waals surface area contributed by atoms with E-state index in [9.17, 15) is 5.11 Å². The van der Waals surface area contributed by atoms with Crippen molar-refractivity contribution in [2.24, 2.45) is 0 Å². The highest BCUT2D eigenvalue weighted by molar-refractivity contribution is 5.98. The molecule has 1 saturated heterocycles. The first kappa shape index (κ1) is 17.1. The molecule has 1 aromatic heterocycles. The number of aromatic nitrogens is 1. The predicted octanol–water partition coefficient (Wildman–Crippen LogP) is 3.77. The van der Waals surface area contributed by atoms with Gasteiger partial charge in [-0.15, -0.1) is 0 Å². The standard InChI is InChI=1S/C21H24N2O3/c1-14-19(12-23-11-5-6-15(23)13-24)22-21(26-14)18-9-10-20(25-2)17-8-4-3-7-16(17)18/h3-4,7-10,15,24H,5-6,11-13H2,1-2H3/t15-/m0/s1. The molecule has 0 amide bonds. The van der Waals surface area contributed by atoms with Crippen LogP contribution in [-0.2, 0) is 6.54 Å². The lowest BCUT2D eigenvalue weighted by molar-refractivity contribution is 0.152. The van der Waals surface area contributed by atoms with Gasteiger partial charge >= 0.3 is 0 Å². The fourth-order valence-corrected chi connectivity index (χ4v) is 3.83. The molecule has 0 radical (unpaired) electrons. The average molecular weight is 352 g/mol. The van der Waals surface area contributed by atoms with E-state index in [0.717, 1.165) is 52.9 Å². The predicted molar refractivity (Wildman–Crippen MR) is 101 cm³/mol. The van der Waals surface area contributed by atoms with E-state index in [2.05, 4.69) is 11.0 Å². The largest absolute Gasteiger partial charge is 0.496 e. The first-order valence-corrected chi connectivity index (χ1v) is 9.08. The number of methoxy groups -OCH3 is 1. The van der Waals surface area contributed by atoms with Crippen molar-refractivity contribution < 1.29 is 14.3 Å². The Kier molecular flexibility index (Phi) is 4.66. The number of aryl methyl sites for hydroxylation is 1. The summed E-state index contributed by atoms with van der Waals surface area (Å²) in [5.41, 5.74) is 1.91. The van der Waals surface area contributed by atoms with Crippen LogP contribution in [-0.4, -0.2) is 41.3 Å². The molecular formula is C21H24N2O3. The molecule has 4 rings (SSSR count). The van der Waals surface area contributed by atoms with Crippen molar-refractivity contribution in [3.05, 3.63) is 47.9 Å². The Morgan fingerprint density at radius 3 is 2.81 bits per heavy atom. The minimum Gasteiger partial charge on any atom is -0.496 e. The number of aliphatic hydroxyl groups excluding tert-OH is 1. The van der Waals surface area contributed by atoms with Gasteiger partial charge in [0, 0.05) is 23.5 Å². The van der Waals surface area contributed by atoms with Gasteiger partial charge < -0.3 is 14.3 Å². The van der Waals surface area contributed by atoms with Crippen molar-refractivity contribution in [2.45, 2.75) is 32.4 Å². The average Bonchev–Trinajstić information content (AvgIpc) is 3.27. The first-order valence-electron chi connectivity index (χ1n) is 9.08. The summed E-state index contributed by atoms with van der Waals surface area (Å²) in [6, 6.07) is 12.3. The van der Waals surface area contributed by atoms with E-state index in [1.54, 1.807) is 7.11 Å². The third-order valence-corrected chi connectivity index (χ3v) is 5.29. The zero-order chi connectivity index (χ0) is 18.1. The molecule has 0 unspecified atom stereocenters. The summed E-state index contributed by atoms with van der Waals surface area (Å²) in [6.45, 7) is 3.88. The van der Waals surface area contributed by atoms with E-state index in [-0.39, 0.29) is 12.6 Å². The molecule has 0 saturated carbocycles. The monoisotopic (exact) mass is 352 g/mol. The van der Waals surface area contributed by atoms with Gasteiger partial charge in [0.05, 0.1) is 19.4 Å². The molecule has 1 fully saturated rings. The minimum absolute atomic E-state index is 0.201. The summed E-state index contributed by atoms with van der Waals surface area (Å²) in [6.07, 6.45) is 2.17. The van der Waals surface area contributed by atoms with Crippen LogP contribution in [0.1, 0.15) is 24.3 Å². The van der Waals surface area contributed by atoms with Gasteiger partial charge in [0.25, 0.3) is 0 Å². The van der Waals surface area contributed by atoms with Crippen LogP contribution < -0.4 is 4.74 Å². The molecule has 26 heavy (non-hydrogen) atoms. The van der Waals surface area contributed by atoms with Crippen molar-refractivity contribution in [3.63, 3.8) is 0 Å². The summed E-state index contributed by atoms with van der Waals surface area (Å²) in [5.74, 6) is 2.32. The van der Waals surface area contributed by atoms with E-state index >= 15 is 0 Å². The zero-order valence-electron chi connectivity index (χ0n) is 15.2. The molecule has 5 nitrogen and oxygen atoms in total. The normalized spacial score (nSPS) is 17.9. The van der Waals surface area contributed by atoms with Crippen LogP contribution in [0.4, 0.5) is 0 Å². The third-order valence-electron chi connectivity index (χ3n) is 5.29. The van der Waals surface area contributed by atoms with Crippen LogP contribution in [0.15, 0.2) is 40.8 Å². The van der Waals surface area contributed by atoms with E-state index in [0.29, 0.717) is 12.4 Å². The Hall–Kier alpha value is -2.37. The summed E-state index contributed by atoms with van der Waals surface area (Å²) < 4.78 is 11.5. The van der Waals surface area contributed by atoms with Crippen LogP contribution >= 0.6 is 0 Å². The quantitative estimate of drug-likeness (QED) is 0.757. The molecule has 0 spiro atoms. The number of nitrogens with zero attached hydrogens (tertiary/aromatic N) is 2. The highest BCUT2D eigenvalue weighted by atomic mass is 16.5. The van der Waals surface area contributed by atoms with Gasteiger partial charge in [-0.1, -0.05) is 24.3 Å². The molecule has 3 aromatic rings. The SMILES string of the molecule is COc1ccc(-c2nc(CN3CCC[C@H]3CO)c(C)o2)c2ccccc12. The van der Waals surface area contributed by atoms with Crippen LogP contribution in [0.5, 0.6) is 5.75 Å². The summed E-state index contributed by atoms with van der Waals surface area (Å²) >= 11 is 0. The van der Waals surface area contributed by atoms with Gasteiger partial charge in [-0.05, 0) is 43.8 Å². The molecule has 2 aromatic carbocycles. The maximum absolute atomic E-state index is 9.54. The highest BCUT2D eigenvalue weighted by Gasteiger charge is 2.26. The van der Waals surface area contributed by atoms with Gasteiger partial charge in [0.1, 0.15) is 11.5 Å². The zero-order valence-corrected chi connectivity index (χ0v) is 15.2. The number of benzene rings is 2. The summed E-state index contributed by atoms with van der Waals surface area (Å²) in [7, 11) is 1.68. The van der Waals surface area contributed by atoms with E-state index in [1.165, 1.54) is 0 Å². The second-order valence-electron chi connectivity index (χ2n) is 6.83. The van der Waals surface area contributed by atoms with E-state index in [1.807, 2.05) is 37.3 Å². The molecule has 2 heterocycles. The topological polar surface area (TPSA) is 58.7 Å². The number of fused-ring (bicyclic) bond motifs is 1. The van der Waals surface area contributed by atoms with Crippen LogP contribution in [0.3, 0.4) is 0 Å². The highest BCUT2D eigenvalue weighted by Crippen LogP contribution is 2.35. The van der Waals surface area contributed by atoms with Crippen molar-refractivity contribution in [1.29, 1.82) is 0 Å². The number of aliphatic hydroxyl groups is 1. The first-order chi connectivity index (χ1) is 12.7. The molecular weight excluding hydrogens is 328 g/mol. The fourth-order valence-electron chi connectivity index (χ4n) is 3.83. The Bertz CT molecular complexity index is 919. The molecule has 1 aliphatic rings. The molecule has 1 N–H and O–H groups in total. The number of hydrogen-bond acceptors (Lipinski definition) is 5. The van der Waals surface area contributed by atoms with E-state index in [4.69, 9.17) is 14.1 Å². The number of likely N-dealkylation sites (tertiary alicyclic amines) is 1.